The average Bonchev–Trinajstić information content (AvgIpc) is 3.00. The largest absolute Gasteiger partial charge is 0.327 e. The number of rotatable bonds is 5. The third kappa shape index (κ3) is 4.23. The molecule has 39 heavy (non-hydrogen) atoms. The molecule has 2 N–H and O–H groups in total. The zero-order valence-corrected chi connectivity index (χ0v) is 23.0. The van der Waals surface area contributed by atoms with Gasteiger partial charge in [0.1, 0.15) is 0 Å². The van der Waals surface area contributed by atoms with Crippen LogP contribution in [0, 0.1) is 0 Å². The van der Waals surface area contributed by atoms with E-state index in [0.29, 0.717) is 6.54 Å². The Bertz CT molecular complexity index is 1760. The molecule has 0 aliphatic carbocycles. The first-order valence-electron chi connectivity index (χ1n) is 13.1. The molecule has 6 rings (SSSR count). The summed E-state index contributed by atoms with van der Waals surface area (Å²) in [7, 11) is -1.27. The van der Waals surface area contributed by atoms with Crippen molar-refractivity contribution in [2.24, 2.45) is 5.73 Å². The van der Waals surface area contributed by atoms with Crippen LogP contribution in [0.5, 0.6) is 0 Å². The van der Waals surface area contributed by atoms with Crippen molar-refractivity contribution >= 4 is 29.2 Å². The van der Waals surface area contributed by atoms with Crippen molar-refractivity contribution in [1.82, 2.24) is 4.98 Å². The minimum absolute atomic E-state index is 0.494. The molecule has 1 unspecified atom stereocenters. The van der Waals surface area contributed by atoms with E-state index < -0.39 is 7.29 Å². The molecule has 0 fully saturated rings. The molecular weight excluding hydrogens is 497 g/mol. The molecule has 4 aromatic carbocycles. The average molecular weight is 528 g/mol. The van der Waals surface area contributed by atoms with Crippen molar-refractivity contribution in [2.75, 3.05) is 18.3 Å². The molecule has 0 radical (unpaired) electrons. The van der Waals surface area contributed by atoms with Gasteiger partial charge in [-0.1, -0.05) is 66.7 Å². The number of hydrogen-bond donors (Lipinski definition) is 1. The van der Waals surface area contributed by atoms with E-state index in [1.165, 1.54) is 0 Å². The highest BCUT2D eigenvalue weighted by Gasteiger charge is 2.41. The summed E-state index contributed by atoms with van der Waals surface area (Å²) in [5.41, 5.74) is 15.3. The molecule has 0 spiro atoms. The lowest BCUT2D eigenvalue weighted by Gasteiger charge is -2.38. The Morgan fingerprint density at radius 2 is 1.44 bits per heavy atom. The summed E-state index contributed by atoms with van der Waals surface area (Å²) < 4.78 is 17.5. The van der Waals surface area contributed by atoms with Crippen LogP contribution in [0.4, 0.5) is 5.69 Å². The molecule has 1 aliphatic rings. The molecule has 1 aliphatic heterocycles. The van der Waals surface area contributed by atoms with E-state index in [1.54, 1.807) is 12.4 Å². The third-order valence-electron chi connectivity index (χ3n) is 7.59. The topological polar surface area (TPSA) is 59.2 Å². The highest BCUT2D eigenvalue weighted by molar-refractivity contribution is 7.80. The van der Waals surface area contributed by atoms with Gasteiger partial charge in [0.05, 0.1) is 5.69 Å². The van der Waals surface area contributed by atoms with Gasteiger partial charge in [-0.25, -0.2) is 0 Å². The molecule has 2 heterocycles. The van der Waals surface area contributed by atoms with Gasteiger partial charge in [-0.2, -0.15) is 0 Å². The van der Waals surface area contributed by atoms with Crippen molar-refractivity contribution in [3.05, 3.63) is 127 Å². The third-order valence-corrected chi connectivity index (χ3v) is 10.7. The minimum Gasteiger partial charge on any atom is -0.327 e. The quantitative estimate of drug-likeness (QED) is 0.247. The number of hydrogen-bond acceptors (Lipinski definition) is 3. The van der Waals surface area contributed by atoms with Gasteiger partial charge in [-0.3, -0.25) is 9.55 Å². The van der Waals surface area contributed by atoms with Crippen LogP contribution in [0.2, 0.25) is 0 Å². The number of benzene rings is 4. The fourth-order valence-electron chi connectivity index (χ4n) is 5.54. The molecule has 0 bridgehead atoms. The predicted octanol–water partition coefficient (Wildman–Crippen LogP) is 7.12. The van der Waals surface area contributed by atoms with E-state index in [-0.39, 0.29) is 0 Å². The van der Waals surface area contributed by atoms with Crippen molar-refractivity contribution in [3.8, 4) is 33.4 Å². The first-order valence-corrected chi connectivity index (χ1v) is 14.7. The molecular formula is C34H30N3OP. The van der Waals surface area contributed by atoms with E-state index in [2.05, 4.69) is 66.5 Å². The van der Waals surface area contributed by atoms with Crippen LogP contribution in [0.1, 0.15) is 12.5 Å². The minimum atomic E-state index is -3.23. The lowest BCUT2D eigenvalue weighted by molar-refractivity contribution is 0.586. The number of anilines is 1. The molecule has 0 amide bonds. The van der Waals surface area contributed by atoms with Gasteiger partial charge < -0.3 is 10.4 Å². The number of pyridine rings is 1. The number of aromatic nitrogens is 1. The second kappa shape index (κ2) is 10.1. The van der Waals surface area contributed by atoms with Crippen molar-refractivity contribution in [1.29, 1.82) is 0 Å². The second-order valence-electron chi connectivity index (χ2n) is 9.81. The van der Waals surface area contributed by atoms with Gasteiger partial charge in [0.15, 0.2) is 0 Å². The Morgan fingerprint density at radius 3 is 2.18 bits per heavy atom. The predicted molar refractivity (Wildman–Crippen MR) is 165 cm³/mol. The van der Waals surface area contributed by atoms with Gasteiger partial charge in [-0.05, 0) is 88.3 Å². The smallest absolute Gasteiger partial charge is 0.230 e. The molecule has 1 aromatic heterocycles. The Hall–Kier alpha value is -4.24. The first kappa shape index (κ1) is 25.1. The lowest BCUT2D eigenvalue weighted by Crippen LogP contribution is -2.34. The van der Waals surface area contributed by atoms with Crippen molar-refractivity contribution in [2.45, 2.75) is 6.92 Å². The maximum Gasteiger partial charge on any atom is 0.230 e. The fourth-order valence-corrected chi connectivity index (χ4v) is 8.55. The summed E-state index contributed by atoms with van der Waals surface area (Å²) in [5.74, 6) is 0. The van der Waals surface area contributed by atoms with Crippen LogP contribution < -0.4 is 21.0 Å². The lowest BCUT2D eigenvalue weighted by atomic mass is 9.97. The number of nitrogens with two attached hydrogens (primary N) is 1. The summed E-state index contributed by atoms with van der Waals surface area (Å²) in [6, 6.07) is 35.1. The SMILES string of the molecule is C/C(=C\CN)c1ccc2c(c1)-c1ccccc1P(=O)(c1ccccc1-c1cccc(-c3ccncc3)c1)N2C. The highest BCUT2D eigenvalue weighted by Crippen LogP contribution is 2.58. The summed E-state index contributed by atoms with van der Waals surface area (Å²) >= 11 is 0. The summed E-state index contributed by atoms with van der Waals surface area (Å²) in [5, 5.41) is 1.69. The number of nitrogens with zero attached hydrogens (tertiary/aromatic N) is 2. The normalized spacial score (nSPS) is 16.5. The summed E-state index contributed by atoms with van der Waals surface area (Å²) in [6.45, 7) is 2.57. The standard InChI is InChI=1S/C34H30N3OP/c1-24(16-19-35)26-14-15-32-31(23-26)30-11-4-6-13-34(30)39(38,37(32)2)33-12-5-3-10-29(33)28-9-7-8-27(22-28)25-17-20-36-21-18-25/h3-18,20-23H,19,35H2,1-2H3/b24-16+. The van der Waals surface area contributed by atoms with E-state index in [4.69, 9.17) is 5.73 Å². The maximum atomic E-state index is 15.5. The Labute approximate surface area is 229 Å². The van der Waals surface area contributed by atoms with E-state index in [9.17, 15) is 0 Å². The van der Waals surface area contributed by atoms with Crippen LogP contribution >= 0.6 is 7.29 Å². The van der Waals surface area contributed by atoms with E-state index in [1.807, 2.05) is 66.3 Å². The summed E-state index contributed by atoms with van der Waals surface area (Å²) in [4.78, 5) is 4.16. The van der Waals surface area contributed by atoms with Gasteiger partial charge in [0, 0.05) is 42.2 Å². The monoisotopic (exact) mass is 527 g/mol. The molecule has 5 heteroatoms. The van der Waals surface area contributed by atoms with Crippen LogP contribution in [-0.2, 0) is 4.57 Å². The van der Waals surface area contributed by atoms with E-state index in [0.717, 1.165) is 60.8 Å². The fraction of sp³-hybridized carbons (Fsp3) is 0.0882. The maximum absolute atomic E-state index is 15.5. The zero-order valence-electron chi connectivity index (χ0n) is 22.1. The number of allylic oxidation sites excluding steroid dienone is 1. The van der Waals surface area contributed by atoms with Crippen LogP contribution in [0.25, 0.3) is 39.0 Å². The Morgan fingerprint density at radius 1 is 0.769 bits per heavy atom. The summed E-state index contributed by atoms with van der Waals surface area (Å²) in [6.07, 6.45) is 5.64. The molecule has 0 saturated heterocycles. The Balaban J connectivity index is 1.54. The Kier molecular flexibility index (Phi) is 6.52. The molecule has 1 atom stereocenters. The highest BCUT2D eigenvalue weighted by atomic mass is 31.2. The first-order chi connectivity index (χ1) is 19.0. The van der Waals surface area contributed by atoms with Crippen LogP contribution in [0.15, 0.2) is 122 Å². The second-order valence-corrected chi connectivity index (χ2v) is 12.5. The van der Waals surface area contributed by atoms with Crippen LogP contribution in [-0.4, -0.2) is 18.6 Å². The van der Waals surface area contributed by atoms with Crippen molar-refractivity contribution < 1.29 is 4.57 Å². The molecule has 5 aromatic rings. The molecule has 0 saturated carbocycles. The zero-order chi connectivity index (χ0) is 27.0. The number of fused-ring (bicyclic) bond motifs is 3. The van der Waals surface area contributed by atoms with Gasteiger partial charge in [0.25, 0.3) is 0 Å². The van der Waals surface area contributed by atoms with E-state index >= 15 is 4.57 Å². The van der Waals surface area contributed by atoms with Gasteiger partial charge in [-0.15, -0.1) is 0 Å². The van der Waals surface area contributed by atoms with Gasteiger partial charge >= 0.3 is 0 Å². The molecule has 192 valence electrons. The van der Waals surface area contributed by atoms with Crippen molar-refractivity contribution in [3.63, 3.8) is 0 Å². The van der Waals surface area contributed by atoms with Crippen LogP contribution in [0.3, 0.4) is 0 Å². The van der Waals surface area contributed by atoms with Gasteiger partial charge in [0.2, 0.25) is 7.29 Å². The molecule has 4 nitrogen and oxygen atoms in total.